The molecule has 0 saturated heterocycles. The van der Waals surface area contributed by atoms with Gasteiger partial charge in [-0.2, -0.15) is 0 Å². The van der Waals surface area contributed by atoms with Crippen LogP contribution < -0.4 is 0 Å². The van der Waals surface area contributed by atoms with Gasteiger partial charge >= 0.3 is 5.97 Å². The molecule has 0 bridgehead atoms. The summed E-state index contributed by atoms with van der Waals surface area (Å²) in [5.74, 6) is -0.807. The standard InChI is InChI=1S/C21H36O5/c1-16(2)13-11-9-7-5-3-4-6-8-10-12-14-17(23)19-20(24)18(15-22)26-21(19)25/h16,18,22,24H,3-15H2,1-2H3. The van der Waals surface area contributed by atoms with Crippen molar-refractivity contribution in [3.05, 3.63) is 11.3 Å². The first-order valence-corrected chi connectivity index (χ1v) is 10.3. The third-order valence-electron chi connectivity index (χ3n) is 4.89. The van der Waals surface area contributed by atoms with Gasteiger partial charge < -0.3 is 14.9 Å². The Morgan fingerprint density at radius 2 is 1.46 bits per heavy atom. The van der Waals surface area contributed by atoms with Crippen LogP contribution >= 0.6 is 0 Å². The van der Waals surface area contributed by atoms with E-state index in [4.69, 9.17) is 9.84 Å². The number of esters is 1. The van der Waals surface area contributed by atoms with Crippen molar-refractivity contribution in [3.8, 4) is 0 Å². The quantitative estimate of drug-likeness (QED) is 0.250. The van der Waals surface area contributed by atoms with Crippen LogP contribution in [0.3, 0.4) is 0 Å². The Hall–Kier alpha value is -1.36. The third kappa shape index (κ3) is 8.35. The molecule has 1 rings (SSSR count). The zero-order chi connectivity index (χ0) is 19.4. The van der Waals surface area contributed by atoms with Gasteiger partial charge in [0.1, 0.15) is 5.57 Å². The summed E-state index contributed by atoms with van der Waals surface area (Å²) in [5, 5.41) is 18.7. The first-order chi connectivity index (χ1) is 12.5. The van der Waals surface area contributed by atoms with E-state index < -0.39 is 24.4 Å². The molecule has 1 unspecified atom stereocenters. The zero-order valence-electron chi connectivity index (χ0n) is 16.5. The highest BCUT2D eigenvalue weighted by molar-refractivity contribution is 6.19. The Morgan fingerprint density at radius 3 is 1.92 bits per heavy atom. The van der Waals surface area contributed by atoms with Crippen LogP contribution in [0.4, 0.5) is 0 Å². The lowest BCUT2D eigenvalue weighted by atomic mass is 10.0. The molecule has 1 aliphatic heterocycles. The van der Waals surface area contributed by atoms with Crippen molar-refractivity contribution in [2.24, 2.45) is 5.92 Å². The molecule has 0 aromatic carbocycles. The molecule has 150 valence electrons. The lowest BCUT2D eigenvalue weighted by Crippen LogP contribution is -2.15. The maximum atomic E-state index is 12.0. The summed E-state index contributed by atoms with van der Waals surface area (Å²) in [4.78, 5) is 23.6. The molecule has 5 heteroatoms. The van der Waals surface area contributed by atoms with E-state index in [0.29, 0.717) is 6.42 Å². The Labute approximate surface area is 157 Å². The van der Waals surface area contributed by atoms with E-state index in [1.54, 1.807) is 0 Å². The van der Waals surface area contributed by atoms with Gasteiger partial charge in [0, 0.05) is 6.42 Å². The molecule has 0 aromatic rings. The molecule has 0 aromatic heterocycles. The second kappa shape index (κ2) is 12.9. The van der Waals surface area contributed by atoms with Crippen LogP contribution in [0.15, 0.2) is 11.3 Å². The highest BCUT2D eigenvalue weighted by Crippen LogP contribution is 2.23. The van der Waals surface area contributed by atoms with E-state index in [-0.39, 0.29) is 17.8 Å². The van der Waals surface area contributed by atoms with Crippen molar-refractivity contribution in [2.75, 3.05) is 6.61 Å². The van der Waals surface area contributed by atoms with Gasteiger partial charge in [0.15, 0.2) is 17.6 Å². The van der Waals surface area contributed by atoms with Crippen molar-refractivity contribution in [1.82, 2.24) is 0 Å². The maximum Gasteiger partial charge on any atom is 0.346 e. The van der Waals surface area contributed by atoms with Crippen molar-refractivity contribution >= 4 is 11.8 Å². The molecule has 0 saturated carbocycles. The normalized spacial score (nSPS) is 17.2. The van der Waals surface area contributed by atoms with E-state index in [9.17, 15) is 14.7 Å². The van der Waals surface area contributed by atoms with Gasteiger partial charge in [-0.3, -0.25) is 4.79 Å². The van der Waals surface area contributed by atoms with Crippen molar-refractivity contribution < 1.29 is 24.5 Å². The lowest BCUT2D eigenvalue weighted by molar-refractivity contribution is -0.142. The van der Waals surface area contributed by atoms with Gasteiger partial charge in [0.25, 0.3) is 0 Å². The van der Waals surface area contributed by atoms with E-state index >= 15 is 0 Å². The van der Waals surface area contributed by atoms with E-state index in [1.807, 2.05) is 0 Å². The second-order valence-electron chi connectivity index (χ2n) is 7.73. The number of cyclic esters (lactones) is 1. The maximum absolute atomic E-state index is 12.0. The highest BCUT2D eigenvalue weighted by Gasteiger charge is 2.37. The molecule has 0 fully saturated rings. The molecule has 0 aliphatic carbocycles. The molecule has 1 atom stereocenters. The molecule has 0 amide bonds. The molecular formula is C21H36O5. The molecule has 1 heterocycles. The summed E-state index contributed by atoms with van der Waals surface area (Å²) in [6.07, 6.45) is 12.3. The van der Waals surface area contributed by atoms with E-state index in [2.05, 4.69) is 13.8 Å². The fourth-order valence-electron chi connectivity index (χ4n) is 3.27. The molecule has 1 aliphatic rings. The van der Waals surface area contributed by atoms with E-state index in [0.717, 1.165) is 18.8 Å². The van der Waals surface area contributed by atoms with E-state index in [1.165, 1.54) is 51.4 Å². The number of aliphatic hydroxyl groups excluding tert-OH is 2. The van der Waals surface area contributed by atoms with Crippen LogP contribution in [-0.2, 0) is 14.3 Å². The first-order valence-electron chi connectivity index (χ1n) is 10.3. The highest BCUT2D eigenvalue weighted by atomic mass is 16.6. The monoisotopic (exact) mass is 368 g/mol. The fraction of sp³-hybridized carbons (Fsp3) is 0.810. The molecule has 5 nitrogen and oxygen atoms in total. The minimum Gasteiger partial charge on any atom is -0.507 e. The Balaban J connectivity index is 2.00. The number of ether oxygens (including phenoxy) is 1. The minimum atomic E-state index is -1.08. The SMILES string of the molecule is CC(C)CCCCCCCCCCCCC(=O)C1=C(O)C(CO)OC1=O. The summed E-state index contributed by atoms with van der Waals surface area (Å²) < 4.78 is 4.74. The predicted octanol–water partition coefficient (Wildman–Crippen LogP) is 4.62. The average Bonchev–Trinajstić information content (AvgIpc) is 2.89. The van der Waals surface area contributed by atoms with Gasteiger partial charge in [-0.25, -0.2) is 4.79 Å². The van der Waals surface area contributed by atoms with Crippen LogP contribution in [0, 0.1) is 5.92 Å². The number of aliphatic hydroxyl groups is 2. The number of carbonyl (C=O) groups is 2. The summed E-state index contributed by atoms with van der Waals surface area (Å²) >= 11 is 0. The summed E-state index contributed by atoms with van der Waals surface area (Å²) in [6, 6.07) is 0. The van der Waals surface area contributed by atoms with Crippen LogP contribution in [-0.4, -0.2) is 34.7 Å². The molecule has 0 radical (unpaired) electrons. The number of unbranched alkanes of at least 4 members (excludes halogenated alkanes) is 9. The van der Waals surface area contributed by atoms with Crippen LogP contribution in [0.2, 0.25) is 0 Å². The van der Waals surface area contributed by atoms with Crippen molar-refractivity contribution in [3.63, 3.8) is 0 Å². The van der Waals surface area contributed by atoms with Crippen LogP contribution in [0.25, 0.3) is 0 Å². The second-order valence-corrected chi connectivity index (χ2v) is 7.73. The topological polar surface area (TPSA) is 83.8 Å². The Bertz CT molecular complexity index is 467. The Kier molecular flexibility index (Phi) is 11.3. The molecule has 26 heavy (non-hydrogen) atoms. The number of hydrogen-bond donors (Lipinski definition) is 2. The van der Waals surface area contributed by atoms with Gasteiger partial charge in [-0.05, 0) is 12.3 Å². The van der Waals surface area contributed by atoms with Gasteiger partial charge in [-0.1, -0.05) is 78.1 Å². The fourth-order valence-corrected chi connectivity index (χ4v) is 3.27. The number of Topliss-reactive ketones (excluding diaryl/α,β-unsaturated/α-hetero) is 1. The first kappa shape index (κ1) is 22.7. The van der Waals surface area contributed by atoms with Crippen LogP contribution in [0.5, 0.6) is 0 Å². The molecular weight excluding hydrogens is 332 g/mol. The summed E-state index contributed by atoms with van der Waals surface area (Å²) in [7, 11) is 0. The van der Waals surface area contributed by atoms with Gasteiger partial charge in [0.05, 0.1) is 6.61 Å². The Morgan fingerprint density at radius 1 is 0.962 bits per heavy atom. The number of ketones is 1. The summed E-state index contributed by atoms with van der Waals surface area (Å²) in [6.45, 7) is 4.04. The molecule has 2 N–H and O–H groups in total. The number of hydrogen-bond acceptors (Lipinski definition) is 5. The molecule has 0 spiro atoms. The minimum absolute atomic E-state index is 0.239. The summed E-state index contributed by atoms with van der Waals surface area (Å²) in [5.41, 5.74) is -0.276. The number of rotatable bonds is 15. The number of carbonyl (C=O) groups excluding carboxylic acids is 2. The average molecular weight is 369 g/mol. The van der Waals surface area contributed by atoms with Crippen LogP contribution in [0.1, 0.15) is 90.9 Å². The third-order valence-corrected chi connectivity index (χ3v) is 4.89. The smallest absolute Gasteiger partial charge is 0.346 e. The van der Waals surface area contributed by atoms with Crippen molar-refractivity contribution in [1.29, 1.82) is 0 Å². The predicted molar refractivity (Wildman–Crippen MR) is 102 cm³/mol. The van der Waals surface area contributed by atoms with Gasteiger partial charge in [-0.15, -0.1) is 0 Å². The lowest BCUT2D eigenvalue weighted by Gasteiger charge is -2.05. The van der Waals surface area contributed by atoms with Gasteiger partial charge in [0.2, 0.25) is 0 Å². The van der Waals surface area contributed by atoms with Crippen molar-refractivity contribution in [2.45, 2.75) is 97.0 Å². The largest absolute Gasteiger partial charge is 0.507 e. The zero-order valence-corrected chi connectivity index (χ0v) is 16.5.